The van der Waals surface area contributed by atoms with Crippen LogP contribution in [-0.4, -0.2) is 29.5 Å². The Bertz CT molecular complexity index is 402. The Morgan fingerprint density at radius 1 is 1.53 bits per heavy atom. The average Bonchev–Trinajstić information content (AvgIpc) is 2.39. The number of hydrogen-bond acceptors (Lipinski definition) is 5. The van der Waals surface area contributed by atoms with Crippen LogP contribution in [0.3, 0.4) is 0 Å². The Hall–Kier alpha value is -1.69. The number of piperidine rings is 1. The van der Waals surface area contributed by atoms with Crippen LogP contribution in [0.2, 0.25) is 0 Å². The van der Waals surface area contributed by atoms with Gasteiger partial charge in [0.1, 0.15) is 11.9 Å². The molecule has 0 unspecified atom stereocenters. The van der Waals surface area contributed by atoms with Crippen molar-refractivity contribution in [1.82, 2.24) is 4.98 Å². The molecule has 6 heteroatoms. The van der Waals surface area contributed by atoms with Gasteiger partial charge in [-0.15, -0.1) is 0 Å². The van der Waals surface area contributed by atoms with Gasteiger partial charge in [-0.2, -0.15) is 0 Å². The molecule has 6 nitrogen and oxygen atoms in total. The number of nitro groups is 1. The second kappa shape index (κ2) is 5.09. The van der Waals surface area contributed by atoms with Crippen molar-refractivity contribution in [2.45, 2.75) is 12.8 Å². The van der Waals surface area contributed by atoms with Crippen molar-refractivity contribution in [2.75, 3.05) is 24.5 Å². The summed E-state index contributed by atoms with van der Waals surface area (Å²) in [5.41, 5.74) is 6.24. The van der Waals surface area contributed by atoms with Crippen LogP contribution in [0.1, 0.15) is 12.8 Å². The highest BCUT2D eigenvalue weighted by molar-refractivity contribution is 5.59. The molecule has 17 heavy (non-hydrogen) atoms. The molecule has 2 heterocycles. The molecule has 0 atom stereocenters. The molecule has 0 saturated carbocycles. The Kier molecular flexibility index (Phi) is 3.53. The van der Waals surface area contributed by atoms with Crippen molar-refractivity contribution in [3.05, 3.63) is 28.4 Å². The third-order valence-corrected chi connectivity index (χ3v) is 3.23. The molecule has 1 aliphatic heterocycles. The minimum absolute atomic E-state index is 0.0568. The zero-order valence-corrected chi connectivity index (χ0v) is 9.58. The van der Waals surface area contributed by atoms with Gasteiger partial charge in [0.25, 0.3) is 0 Å². The van der Waals surface area contributed by atoms with Gasteiger partial charge in [0.05, 0.1) is 0 Å². The summed E-state index contributed by atoms with van der Waals surface area (Å²) in [7, 11) is 0. The number of anilines is 1. The van der Waals surface area contributed by atoms with Gasteiger partial charge in [-0.25, -0.2) is 0 Å². The summed E-state index contributed by atoms with van der Waals surface area (Å²) in [4.78, 5) is 16.3. The maximum absolute atomic E-state index is 10.9. The zero-order valence-electron chi connectivity index (χ0n) is 9.58. The fraction of sp³-hybridized carbons (Fsp3) is 0.545. The predicted molar refractivity (Wildman–Crippen MR) is 64.9 cm³/mol. The first-order valence-electron chi connectivity index (χ1n) is 5.76. The van der Waals surface area contributed by atoms with Gasteiger partial charge in [-0.1, -0.05) is 0 Å². The van der Waals surface area contributed by atoms with E-state index in [0.29, 0.717) is 18.2 Å². The van der Waals surface area contributed by atoms with Crippen LogP contribution in [-0.2, 0) is 0 Å². The number of nitrogens with zero attached hydrogens (tertiary/aromatic N) is 3. The lowest BCUT2D eigenvalue weighted by Gasteiger charge is -2.32. The van der Waals surface area contributed by atoms with Crippen LogP contribution in [0.4, 0.5) is 11.5 Å². The van der Waals surface area contributed by atoms with Crippen molar-refractivity contribution in [2.24, 2.45) is 11.7 Å². The lowest BCUT2D eigenvalue weighted by atomic mass is 9.97. The van der Waals surface area contributed by atoms with Crippen LogP contribution in [0.15, 0.2) is 18.3 Å². The molecule has 1 saturated heterocycles. The molecule has 1 aliphatic rings. The van der Waals surface area contributed by atoms with E-state index < -0.39 is 4.92 Å². The third kappa shape index (κ3) is 2.52. The number of pyridine rings is 1. The largest absolute Gasteiger partial charge is 0.387 e. The molecule has 0 bridgehead atoms. The molecule has 0 radical (unpaired) electrons. The molecule has 1 aromatic rings. The van der Waals surface area contributed by atoms with E-state index in [1.54, 1.807) is 12.1 Å². The van der Waals surface area contributed by atoms with Crippen LogP contribution in [0, 0.1) is 16.0 Å². The first-order valence-corrected chi connectivity index (χ1v) is 5.76. The zero-order chi connectivity index (χ0) is 12.3. The summed E-state index contributed by atoms with van der Waals surface area (Å²) >= 11 is 0. The van der Waals surface area contributed by atoms with Crippen molar-refractivity contribution in [3.8, 4) is 0 Å². The summed E-state index contributed by atoms with van der Waals surface area (Å²) in [6.45, 7) is 2.33. The second-order valence-corrected chi connectivity index (χ2v) is 4.27. The quantitative estimate of drug-likeness (QED) is 0.628. The standard InChI is InChI=1S/C11H16N4O2/c12-8-9-3-6-14(7-4-9)10-2-1-5-13-11(10)15(16)17/h1-2,5,9H,3-4,6-8,12H2. The lowest BCUT2D eigenvalue weighted by molar-refractivity contribution is -0.388. The molecule has 0 aromatic carbocycles. The number of aromatic nitrogens is 1. The highest BCUT2D eigenvalue weighted by atomic mass is 16.6. The van der Waals surface area contributed by atoms with Gasteiger partial charge in [0.2, 0.25) is 0 Å². The van der Waals surface area contributed by atoms with Crippen LogP contribution < -0.4 is 10.6 Å². The highest BCUT2D eigenvalue weighted by Gasteiger charge is 2.24. The highest BCUT2D eigenvalue weighted by Crippen LogP contribution is 2.28. The molecule has 92 valence electrons. The van der Waals surface area contributed by atoms with Gasteiger partial charge in [0.15, 0.2) is 0 Å². The smallest absolute Gasteiger partial charge is 0.365 e. The van der Waals surface area contributed by atoms with Gasteiger partial charge >= 0.3 is 5.82 Å². The van der Waals surface area contributed by atoms with Crippen molar-refractivity contribution in [3.63, 3.8) is 0 Å². The Labute approximate surface area is 99.6 Å². The molecular formula is C11H16N4O2. The average molecular weight is 236 g/mol. The predicted octanol–water partition coefficient (Wildman–Crippen LogP) is 1.16. The van der Waals surface area contributed by atoms with Crippen molar-refractivity contribution >= 4 is 11.5 Å². The van der Waals surface area contributed by atoms with Crippen LogP contribution >= 0.6 is 0 Å². The summed E-state index contributed by atoms with van der Waals surface area (Å²) in [5.74, 6) is 0.487. The van der Waals surface area contributed by atoms with Gasteiger partial charge in [-0.05, 0) is 47.3 Å². The summed E-state index contributed by atoms with van der Waals surface area (Å²) in [5, 5.41) is 10.9. The number of nitrogens with two attached hydrogens (primary N) is 1. The topological polar surface area (TPSA) is 85.3 Å². The van der Waals surface area contributed by atoms with Crippen molar-refractivity contribution < 1.29 is 4.92 Å². The summed E-state index contributed by atoms with van der Waals surface area (Å²) < 4.78 is 0. The van der Waals surface area contributed by atoms with E-state index in [1.807, 2.05) is 4.90 Å². The maximum Gasteiger partial charge on any atom is 0.387 e. The molecule has 1 fully saturated rings. The molecule has 0 amide bonds. The van der Waals surface area contributed by atoms with Crippen LogP contribution in [0.5, 0.6) is 0 Å². The Morgan fingerprint density at radius 3 is 2.82 bits per heavy atom. The normalized spacial score (nSPS) is 17.1. The fourth-order valence-corrected chi connectivity index (χ4v) is 2.19. The molecule has 0 spiro atoms. The minimum Gasteiger partial charge on any atom is -0.365 e. The van der Waals surface area contributed by atoms with E-state index in [-0.39, 0.29) is 5.82 Å². The molecule has 2 N–H and O–H groups in total. The molecule has 0 aliphatic carbocycles. The molecule has 2 rings (SSSR count). The number of rotatable bonds is 3. The summed E-state index contributed by atoms with van der Waals surface area (Å²) in [6.07, 6.45) is 3.43. The lowest BCUT2D eigenvalue weighted by Crippen LogP contribution is -2.36. The van der Waals surface area contributed by atoms with Gasteiger partial charge in [-0.3, -0.25) is 0 Å². The SMILES string of the molecule is NCC1CCN(c2cccnc2[N+](=O)[O-])CC1. The molecule has 1 aromatic heterocycles. The first-order chi connectivity index (χ1) is 8.22. The van der Waals surface area contributed by atoms with Crippen molar-refractivity contribution in [1.29, 1.82) is 0 Å². The summed E-state index contributed by atoms with van der Waals surface area (Å²) in [6, 6.07) is 3.49. The first kappa shape index (κ1) is 11.8. The minimum atomic E-state index is -0.426. The van der Waals surface area contributed by atoms with Gasteiger partial charge < -0.3 is 20.7 Å². The van der Waals surface area contributed by atoms with E-state index >= 15 is 0 Å². The van der Waals surface area contributed by atoms with E-state index in [9.17, 15) is 10.1 Å². The monoisotopic (exact) mass is 236 g/mol. The second-order valence-electron chi connectivity index (χ2n) is 4.27. The Balaban J connectivity index is 2.15. The third-order valence-electron chi connectivity index (χ3n) is 3.23. The van der Waals surface area contributed by atoms with E-state index in [2.05, 4.69) is 4.98 Å². The van der Waals surface area contributed by atoms with E-state index in [0.717, 1.165) is 25.9 Å². The molecular weight excluding hydrogens is 220 g/mol. The van der Waals surface area contributed by atoms with E-state index in [1.165, 1.54) is 6.20 Å². The number of hydrogen-bond donors (Lipinski definition) is 1. The maximum atomic E-state index is 10.9. The Morgan fingerprint density at radius 2 is 2.24 bits per heavy atom. The van der Waals surface area contributed by atoms with Crippen LogP contribution in [0.25, 0.3) is 0 Å². The van der Waals surface area contributed by atoms with E-state index in [4.69, 9.17) is 5.73 Å². The fourth-order valence-electron chi connectivity index (χ4n) is 2.19. The van der Waals surface area contributed by atoms with Gasteiger partial charge in [0, 0.05) is 13.1 Å².